The highest BCUT2D eigenvalue weighted by Gasteiger charge is 2.45. The molecule has 1 aromatic carbocycles. The molecule has 0 radical (unpaired) electrons. The SMILES string of the molecule is N#Cc1cc(F)c(Br)c2c3c([nH]c12)CCC1(CC1)C3. The maximum Gasteiger partial charge on any atom is 0.139 e. The van der Waals surface area contributed by atoms with Gasteiger partial charge in [0.25, 0.3) is 0 Å². The van der Waals surface area contributed by atoms with Gasteiger partial charge in [0.15, 0.2) is 0 Å². The number of nitrogens with one attached hydrogen (secondary N) is 1. The zero-order valence-electron chi connectivity index (χ0n) is 10.3. The van der Waals surface area contributed by atoms with Gasteiger partial charge in [-0.05, 0) is 65.1 Å². The maximum absolute atomic E-state index is 13.9. The van der Waals surface area contributed by atoms with Crippen molar-refractivity contribution in [1.82, 2.24) is 4.98 Å². The third-order valence-corrected chi connectivity index (χ3v) is 5.47. The van der Waals surface area contributed by atoms with Gasteiger partial charge in [-0.3, -0.25) is 0 Å². The number of nitriles is 1. The number of aryl methyl sites for hydroxylation is 1. The summed E-state index contributed by atoms with van der Waals surface area (Å²) < 4.78 is 14.4. The van der Waals surface area contributed by atoms with E-state index in [1.807, 2.05) is 0 Å². The molecule has 4 heteroatoms. The van der Waals surface area contributed by atoms with E-state index in [2.05, 4.69) is 27.0 Å². The van der Waals surface area contributed by atoms with Crippen LogP contribution in [0.2, 0.25) is 0 Å². The third kappa shape index (κ3) is 1.51. The molecule has 1 N–H and O–H groups in total. The highest BCUT2D eigenvalue weighted by molar-refractivity contribution is 9.10. The molecule has 1 heterocycles. The van der Waals surface area contributed by atoms with Crippen LogP contribution in [0.5, 0.6) is 0 Å². The summed E-state index contributed by atoms with van der Waals surface area (Å²) >= 11 is 3.36. The van der Waals surface area contributed by atoms with Crippen molar-refractivity contribution in [3.05, 3.63) is 33.2 Å². The van der Waals surface area contributed by atoms with Crippen LogP contribution in [-0.2, 0) is 12.8 Å². The van der Waals surface area contributed by atoms with Crippen LogP contribution in [0.3, 0.4) is 0 Å². The summed E-state index contributed by atoms with van der Waals surface area (Å²) in [7, 11) is 0. The summed E-state index contributed by atoms with van der Waals surface area (Å²) in [6, 6.07) is 3.40. The van der Waals surface area contributed by atoms with Crippen molar-refractivity contribution in [2.24, 2.45) is 5.41 Å². The van der Waals surface area contributed by atoms with Gasteiger partial charge < -0.3 is 4.98 Å². The quantitative estimate of drug-likeness (QED) is 0.776. The van der Waals surface area contributed by atoms with E-state index in [0.717, 1.165) is 23.7 Å². The van der Waals surface area contributed by atoms with Gasteiger partial charge in [-0.1, -0.05) is 0 Å². The molecule has 96 valence electrons. The van der Waals surface area contributed by atoms with E-state index in [9.17, 15) is 9.65 Å². The molecule has 1 spiro atoms. The lowest BCUT2D eigenvalue weighted by molar-refractivity contribution is 0.437. The zero-order valence-corrected chi connectivity index (χ0v) is 11.9. The van der Waals surface area contributed by atoms with E-state index in [1.165, 1.54) is 36.6 Å². The van der Waals surface area contributed by atoms with Crippen molar-refractivity contribution in [2.75, 3.05) is 0 Å². The highest BCUT2D eigenvalue weighted by atomic mass is 79.9. The van der Waals surface area contributed by atoms with E-state index in [-0.39, 0.29) is 5.82 Å². The second-order valence-electron chi connectivity index (χ2n) is 5.84. The minimum atomic E-state index is -0.346. The number of hydrogen-bond acceptors (Lipinski definition) is 1. The number of halogens is 2. The van der Waals surface area contributed by atoms with Gasteiger partial charge in [0, 0.05) is 11.1 Å². The summed E-state index contributed by atoms with van der Waals surface area (Å²) in [4.78, 5) is 3.35. The van der Waals surface area contributed by atoms with Gasteiger partial charge in [-0.15, -0.1) is 0 Å². The number of aromatic nitrogens is 1. The van der Waals surface area contributed by atoms with Crippen LogP contribution in [0.25, 0.3) is 10.9 Å². The predicted octanol–water partition coefficient (Wildman–Crippen LogP) is 4.21. The number of benzene rings is 1. The van der Waals surface area contributed by atoms with Gasteiger partial charge in [0.2, 0.25) is 0 Å². The Hall–Kier alpha value is -1.34. The van der Waals surface area contributed by atoms with Crippen molar-refractivity contribution in [3.8, 4) is 6.07 Å². The molecule has 0 saturated heterocycles. The van der Waals surface area contributed by atoms with Crippen molar-refractivity contribution in [2.45, 2.75) is 32.1 Å². The first-order chi connectivity index (χ1) is 9.13. The number of H-pyrrole nitrogens is 1. The van der Waals surface area contributed by atoms with Crippen molar-refractivity contribution < 1.29 is 4.39 Å². The smallest absolute Gasteiger partial charge is 0.139 e. The molecule has 2 aromatic rings. The predicted molar refractivity (Wildman–Crippen MR) is 74.4 cm³/mol. The molecule has 0 bridgehead atoms. The topological polar surface area (TPSA) is 39.6 Å². The van der Waals surface area contributed by atoms with Gasteiger partial charge >= 0.3 is 0 Å². The Bertz CT molecular complexity index is 750. The zero-order chi connectivity index (χ0) is 13.2. The summed E-state index contributed by atoms with van der Waals surface area (Å²) in [5, 5.41) is 10.1. The van der Waals surface area contributed by atoms with Crippen molar-refractivity contribution >= 4 is 26.8 Å². The Balaban J connectivity index is 2.05. The van der Waals surface area contributed by atoms with Crippen LogP contribution in [-0.4, -0.2) is 4.98 Å². The van der Waals surface area contributed by atoms with E-state index >= 15 is 0 Å². The summed E-state index contributed by atoms with van der Waals surface area (Å²) in [6.45, 7) is 0. The number of rotatable bonds is 0. The number of fused-ring (bicyclic) bond motifs is 3. The van der Waals surface area contributed by atoms with Gasteiger partial charge in [0.1, 0.15) is 11.9 Å². The molecule has 1 aromatic heterocycles. The van der Waals surface area contributed by atoms with Crippen molar-refractivity contribution in [3.63, 3.8) is 0 Å². The molecular weight excluding hydrogens is 307 g/mol. The monoisotopic (exact) mass is 318 g/mol. The number of aromatic amines is 1. The largest absolute Gasteiger partial charge is 0.357 e. The fraction of sp³-hybridized carbons (Fsp3) is 0.400. The first kappa shape index (κ1) is 11.5. The first-order valence-electron chi connectivity index (χ1n) is 6.55. The van der Waals surface area contributed by atoms with Crippen LogP contribution < -0.4 is 0 Å². The number of hydrogen-bond donors (Lipinski definition) is 1. The Kier molecular flexibility index (Phi) is 2.18. The molecule has 0 aliphatic heterocycles. The van der Waals surface area contributed by atoms with Gasteiger partial charge in [0.05, 0.1) is 15.6 Å². The van der Waals surface area contributed by atoms with Crippen LogP contribution in [0.4, 0.5) is 4.39 Å². The Morgan fingerprint density at radius 2 is 2.16 bits per heavy atom. The highest BCUT2D eigenvalue weighted by Crippen LogP contribution is 2.56. The lowest BCUT2D eigenvalue weighted by Crippen LogP contribution is -2.14. The average Bonchev–Trinajstić information content (AvgIpc) is 3.04. The molecule has 4 rings (SSSR count). The molecule has 0 unspecified atom stereocenters. The van der Waals surface area contributed by atoms with Crippen LogP contribution in [0.1, 0.15) is 36.1 Å². The van der Waals surface area contributed by atoms with E-state index in [0.29, 0.717) is 15.5 Å². The number of nitrogens with zero attached hydrogens (tertiary/aromatic N) is 1. The van der Waals surface area contributed by atoms with Crippen molar-refractivity contribution in [1.29, 1.82) is 5.26 Å². The van der Waals surface area contributed by atoms with Crippen LogP contribution in [0, 0.1) is 22.6 Å². The van der Waals surface area contributed by atoms with Crippen LogP contribution >= 0.6 is 15.9 Å². The fourth-order valence-electron chi connectivity index (χ4n) is 3.37. The Morgan fingerprint density at radius 1 is 1.37 bits per heavy atom. The standard InChI is InChI=1S/C15H12BrFN2/c16-13-10(17)5-8(7-18)14-12(13)9-6-15(3-4-15)2-1-11(9)19-14/h5,19H,1-4,6H2. The molecule has 2 nitrogen and oxygen atoms in total. The first-order valence-corrected chi connectivity index (χ1v) is 7.34. The van der Waals surface area contributed by atoms with Gasteiger partial charge in [-0.2, -0.15) is 5.26 Å². The molecule has 1 fully saturated rings. The fourth-order valence-corrected chi connectivity index (χ4v) is 3.92. The summed E-state index contributed by atoms with van der Waals surface area (Å²) in [6.07, 6.45) is 5.83. The Labute approximate surface area is 118 Å². The molecule has 0 atom stereocenters. The molecule has 1 saturated carbocycles. The minimum absolute atomic E-state index is 0.346. The van der Waals surface area contributed by atoms with E-state index < -0.39 is 0 Å². The van der Waals surface area contributed by atoms with Crippen LogP contribution in [0.15, 0.2) is 10.5 Å². The van der Waals surface area contributed by atoms with Gasteiger partial charge in [-0.25, -0.2) is 4.39 Å². The molecule has 19 heavy (non-hydrogen) atoms. The minimum Gasteiger partial charge on any atom is -0.357 e. The lowest BCUT2D eigenvalue weighted by atomic mass is 9.84. The second kappa shape index (κ2) is 3.61. The normalized spacial score (nSPS) is 19.4. The average molecular weight is 319 g/mol. The maximum atomic E-state index is 13.9. The molecule has 2 aliphatic rings. The molecule has 2 aliphatic carbocycles. The molecule has 0 amide bonds. The third-order valence-electron chi connectivity index (χ3n) is 4.70. The summed E-state index contributed by atoms with van der Waals surface area (Å²) in [5.74, 6) is -0.346. The van der Waals surface area contributed by atoms with E-state index in [4.69, 9.17) is 0 Å². The summed E-state index contributed by atoms with van der Waals surface area (Å²) in [5.41, 5.74) is 4.08. The van der Waals surface area contributed by atoms with E-state index in [1.54, 1.807) is 0 Å². The molecular formula is C15H12BrFN2. The second-order valence-corrected chi connectivity index (χ2v) is 6.63. The lowest BCUT2D eigenvalue weighted by Gasteiger charge is -2.21. The Morgan fingerprint density at radius 3 is 2.84 bits per heavy atom.